The van der Waals surface area contributed by atoms with Crippen LogP contribution in [0.1, 0.15) is 5.69 Å². The molecule has 0 bridgehead atoms. The summed E-state index contributed by atoms with van der Waals surface area (Å²) in [6, 6.07) is 11.5. The topological polar surface area (TPSA) is 100 Å². The number of benzene rings is 1. The summed E-state index contributed by atoms with van der Waals surface area (Å²) in [5, 5.41) is 10.3. The molecule has 3 aromatic rings. The lowest BCUT2D eigenvalue weighted by Crippen LogP contribution is -2.35. The molecule has 1 N–H and O–H groups in total. The fraction of sp³-hybridized carbons (Fsp3) is 0.118. The Kier molecular flexibility index (Phi) is 4.73. The highest BCUT2D eigenvalue weighted by Crippen LogP contribution is 2.26. The van der Waals surface area contributed by atoms with Crippen molar-refractivity contribution < 1.29 is 18.3 Å². The molecule has 0 aliphatic heterocycles. The number of hydrogen-bond donors (Lipinski definition) is 1. The molecule has 0 saturated carbocycles. The molecular weight excluding hydrogens is 342 g/mol. The SMILES string of the molecule is O=C(O)CN(Cc1ccccn1)S(=O)(=O)c1cccc2cnccc12. The van der Waals surface area contributed by atoms with Crippen LogP contribution in [0.4, 0.5) is 0 Å². The van der Waals surface area contributed by atoms with Crippen molar-refractivity contribution in [3.8, 4) is 0 Å². The van der Waals surface area contributed by atoms with E-state index in [4.69, 9.17) is 5.11 Å². The van der Waals surface area contributed by atoms with Crippen molar-refractivity contribution in [3.05, 3.63) is 66.7 Å². The fourth-order valence-electron chi connectivity index (χ4n) is 2.51. The largest absolute Gasteiger partial charge is 0.480 e. The standard InChI is InChI=1S/C17H15N3O4S/c21-17(22)12-20(11-14-5-1-2-8-19-14)25(23,24)16-6-3-4-13-10-18-9-7-15(13)16/h1-10H,11-12H2,(H,21,22). The molecule has 0 unspecified atom stereocenters. The molecule has 0 saturated heterocycles. The minimum atomic E-state index is -4.04. The highest BCUT2D eigenvalue weighted by Gasteiger charge is 2.28. The monoisotopic (exact) mass is 357 g/mol. The van der Waals surface area contributed by atoms with Crippen LogP contribution < -0.4 is 0 Å². The average molecular weight is 357 g/mol. The van der Waals surface area contributed by atoms with Crippen LogP contribution in [-0.4, -0.2) is 40.3 Å². The van der Waals surface area contributed by atoms with Gasteiger partial charge in [-0.2, -0.15) is 4.31 Å². The van der Waals surface area contributed by atoms with Crippen molar-refractivity contribution in [3.63, 3.8) is 0 Å². The predicted molar refractivity (Wildman–Crippen MR) is 91.2 cm³/mol. The van der Waals surface area contributed by atoms with Crippen LogP contribution in [0.15, 0.2) is 66.0 Å². The molecule has 25 heavy (non-hydrogen) atoms. The van der Waals surface area contributed by atoms with Gasteiger partial charge in [0.25, 0.3) is 0 Å². The van der Waals surface area contributed by atoms with E-state index in [2.05, 4.69) is 9.97 Å². The number of nitrogens with zero attached hydrogens (tertiary/aromatic N) is 3. The first-order chi connectivity index (χ1) is 12.0. The maximum atomic E-state index is 13.1. The van der Waals surface area contributed by atoms with Gasteiger partial charge in [-0.3, -0.25) is 14.8 Å². The Morgan fingerprint density at radius 1 is 1.08 bits per heavy atom. The molecule has 7 nitrogen and oxygen atoms in total. The predicted octanol–water partition coefficient (Wildman–Crippen LogP) is 1.91. The molecule has 2 aromatic heterocycles. The Morgan fingerprint density at radius 3 is 2.64 bits per heavy atom. The lowest BCUT2D eigenvalue weighted by molar-refractivity contribution is -0.137. The Labute approximate surface area is 144 Å². The second-order valence-electron chi connectivity index (χ2n) is 5.34. The van der Waals surface area contributed by atoms with Crippen molar-refractivity contribution in [2.24, 2.45) is 0 Å². The van der Waals surface area contributed by atoms with Crippen LogP contribution in [0.5, 0.6) is 0 Å². The van der Waals surface area contributed by atoms with Crippen molar-refractivity contribution in [2.75, 3.05) is 6.54 Å². The molecule has 2 heterocycles. The third-order valence-corrected chi connectivity index (χ3v) is 5.48. The van der Waals surface area contributed by atoms with Gasteiger partial charge in [0.15, 0.2) is 0 Å². The van der Waals surface area contributed by atoms with E-state index in [1.807, 2.05) is 0 Å². The maximum Gasteiger partial charge on any atom is 0.318 e. The van der Waals surface area contributed by atoms with Gasteiger partial charge in [0.05, 0.1) is 17.1 Å². The van der Waals surface area contributed by atoms with Crippen molar-refractivity contribution in [1.29, 1.82) is 0 Å². The Balaban J connectivity index is 2.08. The van der Waals surface area contributed by atoms with Crippen LogP contribution in [0.25, 0.3) is 10.8 Å². The van der Waals surface area contributed by atoms with Gasteiger partial charge in [-0.1, -0.05) is 18.2 Å². The molecule has 0 aliphatic rings. The second kappa shape index (κ2) is 6.96. The molecule has 1 aromatic carbocycles. The van der Waals surface area contributed by atoms with Crippen LogP contribution >= 0.6 is 0 Å². The highest BCUT2D eigenvalue weighted by molar-refractivity contribution is 7.89. The quantitative estimate of drug-likeness (QED) is 0.723. The number of pyridine rings is 2. The average Bonchev–Trinajstić information content (AvgIpc) is 2.61. The first-order valence-corrected chi connectivity index (χ1v) is 8.87. The third kappa shape index (κ3) is 3.65. The van der Waals surface area contributed by atoms with Crippen molar-refractivity contribution in [1.82, 2.24) is 14.3 Å². The zero-order valence-electron chi connectivity index (χ0n) is 13.1. The van der Waals surface area contributed by atoms with E-state index in [-0.39, 0.29) is 11.4 Å². The molecule has 0 fully saturated rings. The zero-order valence-corrected chi connectivity index (χ0v) is 13.9. The molecule has 0 radical (unpaired) electrons. The third-order valence-electron chi connectivity index (χ3n) is 3.63. The van der Waals surface area contributed by atoms with Crippen molar-refractivity contribution in [2.45, 2.75) is 11.4 Å². The first-order valence-electron chi connectivity index (χ1n) is 7.43. The van der Waals surface area contributed by atoms with E-state index >= 15 is 0 Å². The van der Waals surface area contributed by atoms with E-state index in [9.17, 15) is 13.2 Å². The minimum Gasteiger partial charge on any atom is -0.480 e. The van der Waals surface area contributed by atoms with Gasteiger partial charge < -0.3 is 5.11 Å². The first kappa shape index (κ1) is 17.0. The number of aromatic nitrogens is 2. The molecule has 0 spiro atoms. The van der Waals surface area contributed by atoms with Gasteiger partial charge in [0.1, 0.15) is 6.54 Å². The maximum absolute atomic E-state index is 13.1. The number of fused-ring (bicyclic) bond motifs is 1. The molecule has 8 heteroatoms. The minimum absolute atomic E-state index is 0.0459. The summed E-state index contributed by atoms with van der Waals surface area (Å²) < 4.78 is 27.1. The lowest BCUT2D eigenvalue weighted by Gasteiger charge is -2.21. The van der Waals surface area contributed by atoms with Gasteiger partial charge in [-0.05, 0) is 24.3 Å². The lowest BCUT2D eigenvalue weighted by atomic mass is 10.2. The molecule has 3 rings (SSSR count). The van der Waals surface area contributed by atoms with Gasteiger partial charge in [0, 0.05) is 29.4 Å². The van der Waals surface area contributed by atoms with Crippen LogP contribution in [0, 0.1) is 0 Å². The Bertz CT molecular complexity index is 1000. The number of hydrogen-bond acceptors (Lipinski definition) is 5. The summed E-state index contributed by atoms with van der Waals surface area (Å²) in [5.74, 6) is -1.23. The number of aliphatic carboxylic acids is 1. The fourth-order valence-corrected chi connectivity index (χ4v) is 4.08. The van der Waals surface area contributed by atoms with Crippen LogP contribution in [0.3, 0.4) is 0 Å². The van der Waals surface area contributed by atoms with E-state index in [0.717, 1.165) is 4.31 Å². The number of rotatable bonds is 6. The summed E-state index contributed by atoms with van der Waals surface area (Å²) in [5.41, 5.74) is 0.467. The van der Waals surface area contributed by atoms with Gasteiger partial charge in [-0.15, -0.1) is 0 Å². The summed E-state index contributed by atoms with van der Waals surface area (Å²) in [7, 11) is -4.04. The smallest absolute Gasteiger partial charge is 0.318 e. The molecule has 0 atom stereocenters. The summed E-state index contributed by atoms with van der Waals surface area (Å²) in [6.45, 7) is -0.780. The summed E-state index contributed by atoms with van der Waals surface area (Å²) >= 11 is 0. The zero-order chi connectivity index (χ0) is 17.9. The highest BCUT2D eigenvalue weighted by atomic mass is 32.2. The number of sulfonamides is 1. The molecule has 0 aliphatic carbocycles. The van der Waals surface area contributed by atoms with E-state index < -0.39 is 22.5 Å². The van der Waals surface area contributed by atoms with E-state index in [1.165, 1.54) is 18.5 Å². The molecule has 0 amide bonds. The van der Waals surface area contributed by atoms with Gasteiger partial charge >= 0.3 is 5.97 Å². The van der Waals surface area contributed by atoms with Crippen molar-refractivity contribution >= 4 is 26.8 Å². The normalized spacial score (nSPS) is 11.7. The second-order valence-corrected chi connectivity index (χ2v) is 7.25. The Hall–Kier alpha value is -2.84. The number of carbonyl (C=O) groups is 1. The van der Waals surface area contributed by atoms with Crippen LogP contribution in [-0.2, 0) is 21.4 Å². The van der Waals surface area contributed by atoms with Crippen LogP contribution in [0.2, 0.25) is 0 Å². The summed E-state index contributed by atoms with van der Waals surface area (Å²) in [4.78, 5) is 19.3. The number of carboxylic acid groups (broad SMARTS) is 1. The van der Waals surface area contributed by atoms with Gasteiger partial charge in [0.2, 0.25) is 10.0 Å². The van der Waals surface area contributed by atoms with E-state index in [1.54, 1.807) is 42.6 Å². The summed E-state index contributed by atoms with van der Waals surface area (Å²) in [6.07, 6.45) is 4.60. The van der Waals surface area contributed by atoms with E-state index in [0.29, 0.717) is 16.5 Å². The molecule has 128 valence electrons. The van der Waals surface area contributed by atoms with Gasteiger partial charge in [-0.25, -0.2) is 8.42 Å². The number of carboxylic acids is 1. The molecular formula is C17H15N3O4S. The Morgan fingerprint density at radius 2 is 1.92 bits per heavy atom.